The molecule has 0 saturated heterocycles. The molecule has 2 heterocycles. The molecule has 2 aliphatic carbocycles. The maximum absolute atomic E-state index is 15.0. The summed E-state index contributed by atoms with van der Waals surface area (Å²) in [4.78, 5) is 26.5. The van der Waals surface area contributed by atoms with E-state index in [1.54, 1.807) is 17.0 Å². The molecule has 0 radical (unpaired) electrons. The smallest absolute Gasteiger partial charge is 0.320 e. The largest absolute Gasteiger partial charge is 0.390 e. The van der Waals surface area contributed by atoms with Crippen molar-refractivity contribution >= 4 is 11.6 Å². The van der Waals surface area contributed by atoms with Crippen molar-refractivity contribution in [3.8, 4) is 0 Å². The second kappa shape index (κ2) is 11.2. The van der Waals surface area contributed by atoms with Crippen LogP contribution in [0.2, 0.25) is 0 Å². The predicted molar refractivity (Wildman–Crippen MR) is 145 cm³/mol. The van der Waals surface area contributed by atoms with Crippen LogP contribution in [0.5, 0.6) is 0 Å². The van der Waals surface area contributed by atoms with E-state index in [0.717, 1.165) is 35.8 Å². The SMILES string of the molecule is CC1CC(c2ccc(F)c(NC(=O)c3cc(CNCC4(CF)CC4)cn(CCC(F)(F)F)c3=O)c2)(c2nncn2C)C1. The minimum absolute atomic E-state index is 0.108. The summed E-state index contributed by atoms with van der Waals surface area (Å²) in [7, 11) is 1.82. The molecule has 2 aliphatic rings. The molecule has 2 N–H and O–H groups in total. The van der Waals surface area contributed by atoms with Gasteiger partial charge in [-0.1, -0.05) is 13.0 Å². The topological polar surface area (TPSA) is 93.8 Å². The Morgan fingerprint density at radius 2 is 1.93 bits per heavy atom. The number of aryl methyl sites for hydroxylation is 2. The summed E-state index contributed by atoms with van der Waals surface area (Å²) in [5.41, 5.74) is -1.40. The number of pyridine rings is 1. The Morgan fingerprint density at radius 3 is 2.52 bits per heavy atom. The standard InChI is InChI=1S/C29H33F5N6O2/c1-18-11-28(12-18,26-38-36-17-39(26)2)20-3-4-22(31)23(10-20)37-24(41)21-9-19(13-35-16-27(15-30)5-6-27)14-40(25(21)42)8-7-29(32,33)34/h3-4,9-10,14,17-18,35H,5-8,11-13,15-16H2,1-2H3,(H,37,41). The van der Waals surface area contributed by atoms with Crippen LogP contribution in [-0.4, -0.2) is 44.6 Å². The van der Waals surface area contributed by atoms with Gasteiger partial charge in [0.25, 0.3) is 11.5 Å². The van der Waals surface area contributed by atoms with E-state index < -0.39 is 59.5 Å². The fraction of sp³-hybridized carbons (Fsp3) is 0.517. The number of halogens is 5. The van der Waals surface area contributed by atoms with Gasteiger partial charge in [-0.15, -0.1) is 10.2 Å². The number of hydrogen-bond donors (Lipinski definition) is 2. The zero-order chi connectivity index (χ0) is 30.3. The summed E-state index contributed by atoms with van der Waals surface area (Å²) in [6.07, 6.45) is -0.00174. The van der Waals surface area contributed by atoms with E-state index in [1.807, 2.05) is 7.05 Å². The number of nitrogens with one attached hydrogen (secondary N) is 2. The van der Waals surface area contributed by atoms with Crippen LogP contribution in [0.15, 0.2) is 41.6 Å². The first-order valence-electron chi connectivity index (χ1n) is 13.9. The summed E-state index contributed by atoms with van der Waals surface area (Å²) in [5, 5.41) is 13.8. The van der Waals surface area contributed by atoms with Gasteiger partial charge >= 0.3 is 6.18 Å². The zero-order valence-electron chi connectivity index (χ0n) is 23.4. The van der Waals surface area contributed by atoms with E-state index >= 15 is 0 Å². The van der Waals surface area contributed by atoms with Gasteiger partial charge in [0.15, 0.2) is 0 Å². The van der Waals surface area contributed by atoms with Crippen molar-refractivity contribution in [3.05, 3.63) is 75.5 Å². The number of amides is 1. The molecule has 42 heavy (non-hydrogen) atoms. The average molecular weight is 593 g/mol. The molecule has 2 saturated carbocycles. The van der Waals surface area contributed by atoms with Gasteiger partial charge in [-0.2, -0.15) is 13.2 Å². The van der Waals surface area contributed by atoms with Crippen molar-refractivity contribution in [2.75, 3.05) is 18.5 Å². The van der Waals surface area contributed by atoms with Crippen LogP contribution in [0.4, 0.5) is 27.6 Å². The highest BCUT2D eigenvalue weighted by atomic mass is 19.4. The van der Waals surface area contributed by atoms with E-state index in [9.17, 15) is 31.5 Å². The number of anilines is 1. The first-order chi connectivity index (χ1) is 19.8. The Hall–Kier alpha value is -3.61. The van der Waals surface area contributed by atoms with Crippen LogP contribution in [0.25, 0.3) is 0 Å². The quantitative estimate of drug-likeness (QED) is 0.310. The zero-order valence-corrected chi connectivity index (χ0v) is 23.4. The number of rotatable bonds is 11. The molecule has 0 aliphatic heterocycles. The third-order valence-corrected chi connectivity index (χ3v) is 8.39. The number of alkyl halides is 4. The number of aromatic nitrogens is 4. The maximum atomic E-state index is 15.0. The average Bonchev–Trinajstić information content (AvgIpc) is 3.57. The summed E-state index contributed by atoms with van der Waals surface area (Å²) in [5.74, 6) is -0.589. The van der Waals surface area contributed by atoms with Gasteiger partial charge in [-0.3, -0.25) is 14.0 Å². The maximum Gasteiger partial charge on any atom is 0.390 e. The fourth-order valence-electron chi connectivity index (χ4n) is 5.88. The molecule has 0 atom stereocenters. The van der Waals surface area contributed by atoms with Crippen molar-refractivity contribution in [2.24, 2.45) is 18.4 Å². The van der Waals surface area contributed by atoms with E-state index in [2.05, 4.69) is 27.8 Å². The van der Waals surface area contributed by atoms with Crippen molar-refractivity contribution in [2.45, 2.75) is 63.7 Å². The number of hydrogen-bond acceptors (Lipinski definition) is 5. The number of benzene rings is 1. The molecule has 0 spiro atoms. The summed E-state index contributed by atoms with van der Waals surface area (Å²) < 4.78 is 69.8. The van der Waals surface area contributed by atoms with E-state index in [-0.39, 0.29) is 12.2 Å². The van der Waals surface area contributed by atoms with Gasteiger partial charge in [-0.25, -0.2) is 4.39 Å². The molecular weight excluding hydrogens is 559 g/mol. The molecule has 0 bridgehead atoms. The van der Waals surface area contributed by atoms with E-state index in [4.69, 9.17) is 0 Å². The predicted octanol–water partition coefficient (Wildman–Crippen LogP) is 4.88. The van der Waals surface area contributed by atoms with Gasteiger partial charge < -0.3 is 19.8 Å². The molecule has 1 amide bonds. The Kier molecular flexibility index (Phi) is 7.99. The molecule has 226 valence electrons. The highest BCUT2D eigenvalue weighted by Crippen LogP contribution is 2.52. The van der Waals surface area contributed by atoms with Gasteiger partial charge in [-0.05, 0) is 60.9 Å². The Balaban J connectivity index is 1.43. The van der Waals surface area contributed by atoms with Crippen LogP contribution >= 0.6 is 0 Å². The van der Waals surface area contributed by atoms with Crippen molar-refractivity contribution in [1.82, 2.24) is 24.6 Å². The lowest BCUT2D eigenvalue weighted by molar-refractivity contribution is -0.136. The minimum Gasteiger partial charge on any atom is -0.320 e. The highest BCUT2D eigenvalue weighted by molar-refractivity contribution is 6.04. The van der Waals surface area contributed by atoms with Crippen LogP contribution in [-0.2, 0) is 25.6 Å². The highest BCUT2D eigenvalue weighted by Gasteiger charge is 2.48. The third kappa shape index (κ3) is 6.11. The lowest BCUT2D eigenvalue weighted by atomic mass is 9.58. The first kappa shape index (κ1) is 29.9. The monoisotopic (exact) mass is 592 g/mol. The number of carbonyl (C=O) groups is 1. The second-order valence-corrected chi connectivity index (χ2v) is 11.9. The van der Waals surface area contributed by atoms with E-state index in [0.29, 0.717) is 23.9 Å². The Bertz CT molecular complexity index is 1520. The molecule has 0 unspecified atom stereocenters. The molecule has 2 aromatic heterocycles. The van der Waals surface area contributed by atoms with Gasteiger partial charge in [0.05, 0.1) is 24.2 Å². The van der Waals surface area contributed by atoms with Gasteiger partial charge in [0.2, 0.25) is 0 Å². The third-order valence-electron chi connectivity index (χ3n) is 8.39. The first-order valence-corrected chi connectivity index (χ1v) is 13.9. The van der Waals surface area contributed by atoms with Crippen molar-refractivity contribution < 1.29 is 26.7 Å². The molecule has 3 aromatic rings. The summed E-state index contributed by atoms with van der Waals surface area (Å²) in [6.45, 7) is 1.38. The van der Waals surface area contributed by atoms with E-state index in [1.165, 1.54) is 24.4 Å². The van der Waals surface area contributed by atoms with Crippen LogP contribution in [0.1, 0.15) is 66.3 Å². The second-order valence-electron chi connectivity index (χ2n) is 11.9. The molecule has 2 fully saturated rings. The molecule has 1 aromatic carbocycles. The normalized spacial score (nSPS) is 21.2. The van der Waals surface area contributed by atoms with Crippen molar-refractivity contribution in [1.29, 1.82) is 0 Å². The molecule has 5 rings (SSSR count). The molecule has 13 heteroatoms. The number of nitrogens with zero attached hydrogens (tertiary/aromatic N) is 4. The molecular formula is C29H33F5N6O2. The minimum atomic E-state index is -4.52. The summed E-state index contributed by atoms with van der Waals surface area (Å²) in [6, 6.07) is 5.65. The van der Waals surface area contributed by atoms with Crippen LogP contribution in [0, 0.1) is 17.2 Å². The Morgan fingerprint density at radius 1 is 1.19 bits per heavy atom. The lowest BCUT2D eigenvalue weighted by Crippen LogP contribution is -2.43. The number of carbonyl (C=O) groups excluding carboxylic acids is 1. The van der Waals surface area contributed by atoms with Crippen molar-refractivity contribution in [3.63, 3.8) is 0 Å². The summed E-state index contributed by atoms with van der Waals surface area (Å²) >= 11 is 0. The molecule has 8 nitrogen and oxygen atoms in total. The van der Waals surface area contributed by atoms with Crippen LogP contribution in [0.3, 0.4) is 0 Å². The van der Waals surface area contributed by atoms with Gasteiger partial charge in [0, 0.05) is 38.3 Å². The Labute approximate surface area is 239 Å². The van der Waals surface area contributed by atoms with Gasteiger partial charge in [0.1, 0.15) is 23.5 Å². The fourth-order valence-corrected chi connectivity index (χ4v) is 5.88. The lowest BCUT2D eigenvalue weighted by Gasteiger charge is -2.46. The van der Waals surface area contributed by atoms with Crippen LogP contribution < -0.4 is 16.2 Å².